The molecule has 2 unspecified atom stereocenters. The number of β-amino-alcohol motifs (C(OH)–C–C–N with tert-alkyl or cyclic N) is 1. The van der Waals surface area contributed by atoms with Gasteiger partial charge in [0.15, 0.2) is 0 Å². The normalized spacial score (nSPS) is 18.7. The Morgan fingerprint density at radius 2 is 1.89 bits per heavy atom. The molecule has 2 atom stereocenters. The van der Waals surface area contributed by atoms with Crippen LogP contribution < -0.4 is 4.90 Å². The van der Waals surface area contributed by atoms with Crippen LogP contribution >= 0.6 is 12.4 Å². The van der Waals surface area contributed by atoms with Crippen molar-refractivity contribution in [1.82, 2.24) is 4.90 Å². The number of halogens is 4. The zero-order chi connectivity index (χ0) is 20.1. The number of alkyl halides is 3. The van der Waals surface area contributed by atoms with Crippen LogP contribution in [0.15, 0.2) is 24.3 Å². The summed E-state index contributed by atoms with van der Waals surface area (Å²) in [6.07, 6.45) is 1.11. The molecule has 28 heavy (non-hydrogen) atoms. The summed E-state index contributed by atoms with van der Waals surface area (Å²) in [5.41, 5.74) is -0.744. The van der Waals surface area contributed by atoms with Crippen LogP contribution in [0.1, 0.15) is 25.8 Å². The zero-order valence-electron chi connectivity index (χ0n) is 16.2. The van der Waals surface area contributed by atoms with Crippen LogP contribution in [-0.2, 0) is 10.9 Å². The van der Waals surface area contributed by atoms with E-state index in [2.05, 4.69) is 10.8 Å². The third-order valence-electron chi connectivity index (χ3n) is 4.95. The van der Waals surface area contributed by atoms with Crippen LogP contribution in [0.5, 0.6) is 0 Å². The fourth-order valence-corrected chi connectivity index (χ4v) is 2.94. The minimum atomic E-state index is -4.34. The lowest BCUT2D eigenvalue weighted by Gasteiger charge is -2.37. The van der Waals surface area contributed by atoms with Crippen LogP contribution in [0.3, 0.4) is 0 Å². The molecule has 158 valence electrons. The highest BCUT2D eigenvalue weighted by Crippen LogP contribution is 2.31. The fourth-order valence-electron chi connectivity index (χ4n) is 2.94. The number of anilines is 1. The first-order valence-electron chi connectivity index (χ1n) is 9.11. The monoisotopic (exact) mass is 420 g/mol. The van der Waals surface area contributed by atoms with E-state index in [1.54, 1.807) is 6.07 Å². The molecule has 4 nitrogen and oxygen atoms in total. The Morgan fingerprint density at radius 1 is 1.25 bits per heavy atom. The predicted octanol–water partition coefficient (Wildman–Crippen LogP) is 3.43. The Kier molecular flexibility index (Phi) is 9.09. The van der Waals surface area contributed by atoms with Gasteiger partial charge in [0.2, 0.25) is 0 Å². The molecule has 1 N–H and O–H groups in total. The molecule has 1 aromatic rings. The molecule has 1 fully saturated rings. The Morgan fingerprint density at radius 3 is 2.43 bits per heavy atom. The van der Waals surface area contributed by atoms with Crippen molar-refractivity contribution in [2.45, 2.75) is 38.1 Å². The highest BCUT2D eigenvalue weighted by molar-refractivity contribution is 5.85. The number of nitrogens with zero attached hydrogens (tertiary/aromatic N) is 2. The van der Waals surface area contributed by atoms with Gasteiger partial charge in [-0.3, -0.25) is 4.90 Å². The van der Waals surface area contributed by atoms with E-state index in [1.165, 1.54) is 12.1 Å². The van der Waals surface area contributed by atoms with E-state index in [0.29, 0.717) is 44.8 Å². The van der Waals surface area contributed by atoms with Gasteiger partial charge in [-0.2, -0.15) is 13.2 Å². The molecule has 2 rings (SSSR count). The maximum absolute atomic E-state index is 12.9. The number of benzene rings is 1. The molecule has 8 heteroatoms. The van der Waals surface area contributed by atoms with Crippen molar-refractivity contribution in [2.75, 3.05) is 44.2 Å². The second-order valence-corrected chi connectivity index (χ2v) is 7.03. The quantitative estimate of drug-likeness (QED) is 0.686. The molecule has 0 aromatic heterocycles. The average molecular weight is 421 g/mol. The standard InChI is InChI=1S/C20H27F3N2O2.ClH/c1-4-19(3,5-2)27-15-18(26)14-24-9-11-25(12-10-24)17-8-6-7-16(13-17)20(21,22)23;/h1,6-8,13,18,26H,5,9-12,14-15H2,2-3H3;1H. The number of piperazine rings is 1. The van der Waals surface area contributed by atoms with Crippen molar-refractivity contribution in [2.24, 2.45) is 0 Å². The summed E-state index contributed by atoms with van der Waals surface area (Å²) >= 11 is 0. The molecular weight excluding hydrogens is 393 g/mol. The number of rotatable bonds is 7. The summed E-state index contributed by atoms with van der Waals surface area (Å²) in [5.74, 6) is 2.59. The summed E-state index contributed by atoms with van der Waals surface area (Å²) in [7, 11) is 0. The summed E-state index contributed by atoms with van der Waals surface area (Å²) < 4.78 is 44.2. The largest absolute Gasteiger partial charge is 0.416 e. The van der Waals surface area contributed by atoms with Gasteiger partial charge >= 0.3 is 6.18 Å². The van der Waals surface area contributed by atoms with Gasteiger partial charge in [-0.25, -0.2) is 0 Å². The molecule has 1 aliphatic heterocycles. The van der Waals surface area contributed by atoms with E-state index in [1.807, 2.05) is 18.7 Å². The van der Waals surface area contributed by atoms with Crippen molar-refractivity contribution < 1.29 is 23.0 Å². The lowest BCUT2D eigenvalue weighted by atomic mass is 10.1. The van der Waals surface area contributed by atoms with Gasteiger partial charge in [-0.1, -0.05) is 18.9 Å². The van der Waals surface area contributed by atoms with E-state index in [4.69, 9.17) is 11.2 Å². The number of aliphatic hydroxyl groups is 1. The maximum atomic E-state index is 12.9. The van der Waals surface area contributed by atoms with Crippen LogP contribution in [0, 0.1) is 12.3 Å². The van der Waals surface area contributed by atoms with Crippen molar-refractivity contribution in [1.29, 1.82) is 0 Å². The zero-order valence-corrected chi connectivity index (χ0v) is 17.0. The fraction of sp³-hybridized carbons (Fsp3) is 0.600. The second kappa shape index (κ2) is 10.4. The third-order valence-corrected chi connectivity index (χ3v) is 4.95. The summed E-state index contributed by atoms with van der Waals surface area (Å²) in [4.78, 5) is 4.01. The SMILES string of the molecule is C#CC(C)(CC)OCC(O)CN1CCN(c2cccc(C(F)(F)F)c2)CC1.Cl. The second-order valence-electron chi connectivity index (χ2n) is 7.03. The molecule has 1 heterocycles. The molecule has 0 amide bonds. The van der Waals surface area contributed by atoms with Gasteiger partial charge in [-0.15, -0.1) is 18.8 Å². The van der Waals surface area contributed by atoms with Gasteiger partial charge in [0.1, 0.15) is 5.60 Å². The minimum absolute atomic E-state index is 0. The molecule has 0 saturated carbocycles. The Labute approximate surface area is 171 Å². The van der Waals surface area contributed by atoms with Gasteiger partial charge in [0.25, 0.3) is 0 Å². The third kappa shape index (κ3) is 6.85. The highest BCUT2D eigenvalue weighted by Gasteiger charge is 2.31. The summed E-state index contributed by atoms with van der Waals surface area (Å²) in [6.45, 7) is 6.87. The molecule has 0 bridgehead atoms. The molecule has 1 saturated heterocycles. The lowest BCUT2D eigenvalue weighted by Crippen LogP contribution is -2.49. The number of ether oxygens (including phenoxy) is 1. The van der Waals surface area contributed by atoms with Crippen molar-refractivity contribution >= 4 is 18.1 Å². The van der Waals surface area contributed by atoms with Crippen LogP contribution in [-0.4, -0.2) is 61.0 Å². The van der Waals surface area contributed by atoms with E-state index in [-0.39, 0.29) is 19.0 Å². The van der Waals surface area contributed by atoms with Crippen molar-refractivity contribution in [3.05, 3.63) is 29.8 Å². The lowest BCUT2D eigenvalue weighted by molar-refractivity contribution is -0.137. The Balaban J connectivity index is 0.00000392. The minimum Gasteiger partial charge on any atom is -0.389 e. The molecule has 0 spiro atoms. The maximum Gasteiger partial charge on any atom is 0.416 e. The van der Waals surface area contributed by atoms with E-state index in [9.17, 15) is 18.3 Å². The van der Waals surface area contributed by atoms with E-state index < -0.39 is 23.4 Å². The average Bonchev–Trinajstić information content (AvgIpc) is 2.66. The van der Waals surface area contributed by atoms with Gasteiger partial charge < -0.3 is 14.7 Å². The van der Waals surface area contributed by atoms with Crippen molar-refractivity contribution in [3.8, 4) is 12.3 Å². The predicted molar refractivity (Wildman–Crippen MR) is 107 cm³/mol. The molecule has 0 radical (unpaired) electrons. The number of aliphatic hydroxyl groups excluding tert-OH is 1. The summed E-state index contributed by atoms with van der Waals surface area (Å²) in [5, 5.41) is 10.2. The van der Waals surface area contributed by atoms with Crippen molar-refractivity contribution in [3.63, 3.8) is 0 Å². The summed E-state index contributed by atoms with van der Waals surface area (Å²) in [6, 6.07) is 5.39. The topological polar surface area (TPSA) is 35.9 Å². The van der Waals surface area contributed by atoms with Gasteiger partial charge in [0, 0.05) is 38.4 Å². The Hall–Kier alpha value is -1.46. The number of hydrogen-bond donors (Lipinski definition) is 1. The Bertz CT molecular complexity index is 658. The smallest absolute Gasteiger partial charge is 0.389 e. The van der Waals surface area contributed by atoms with E-state index >= 15 is 0 Å². The first-order valence-corrected chi connectivity index (χ1v) is 9.11. The van der Waals surface area contributed by atoms with Crippen LogP contribution in [0.25, 0.3) is 0 Å². The molecular formula is C20H28ClF3N2O2. The first kappa shape index (κ1) is 24.6. The molecule has 0 aliphatic carbocycles. The van der Waals surface area contributed by atoms with Gasteiger partial charge in [-0.05, 0) is 31.5 Å². The number of terminal acetylenes is 1. The van der Waals surface area contributed by atoms with Gasteiger partial charge in [0.05, 0.1) is 18.3 Å². The first-order chi connectivity index (χ1) is 12.7. The molecule has 1 aromatic carbocycles. The molecule has 1 aliphatic rings. The highest BCUT2D eigenvalue weighted by atomic mass is 35.5. The van der Waals surface area contributed by atoms with Crippen LogP contribution in [0.2, 0.25) is 0 Å². The van der Waals surface area contributed by atoms with Crippen LogP contribution in [0.4, 0.5) is 18.9 Å². The van der Waals surface area contributed by atoms with E-state index in [0.717, 1.165) is 6.07 Å². The number of hydrogen-bond acceptors (Lipinski definition) is 4.